The summed E-state index contributed by atoms with van der Waals surface area (Å²) in [5, 5.41) is 142. The molecule has 2 aliphatic heterocycles. The van der Waals surface area contributed by atoms with Crippen LogP contribution in [0.5, 0.6) is 0 Å². The van der Waals surface area contributed by atoms with Crippen molar-refractivity contribution in [3.8, 4) is 0 Å². The van der Waals surface area contributed by atoms with Crippen molar-refractivity contribution in [2.75, 3.05) is 19.8 Å². The summed E-state index contributed by atoms with van der Waals surface area (Å²) in [5.41, 5.74) is 6.13. The summed E-state index contributed by atoms with van der Waals surface area (Å²) in [7, 11) is -5.58. The number of ether oxygens (including phenoxy) is 4. The van der Waals surface area contributed by atoms with Gasteiger partial charge in [-0.15, -0.1) is 0 Å². The van der Waals surface area contributed by atoms with E-state index in [1.807, 2.05) is 0 Å². The topological polar surface area (TPSA) is 411 Å². The fourth-order valence-electron chi connectivity index (χ4n) is 11.4. The molecule has 0 aromatic heterocycles. The predicted molar refractivity (Wildman–Crippen MR) is 316 cm³/mol. The minimum absolute atomic E-state index is 0.0747. The van der Waals surface area contributed by atoms with Gasteiger partial charge in [0.1, 0.15) is 91.6 Å². The number of phosphoric ester groups is 1. The van der Waals surface area contributed by atoms with Gasteiger partial charge in [0.15, 0.2) is 12.6 Å². The molecule has 17 N–H and O–H groups in total. The minimum atomic E-state index is -5.58. The summed E-state index contributed by atoms with van der Waals surface area (Å²) in [6.45, 7) is 1.88. The van der Waals surface area contributed by atoms with Gasteiger partial charge in [-0.25, -0.2) is 4.57 Å². The van der Waals surface area contributed by atoms with E-state index in [2.05, 4.69) is 19.2 Å². The van der Waals surface area contributed by atoms with Crippen molar-refractivity contribution in [1.29, 1.82) is 0 Å². The molecule has 25 heteroatoms. The van der Waals surface area contributed by atoms with Crippen LogP contribution in [0.4, 0.5) is 0 Å². The molecule has 3 fully saturated rings. The van der Waals surface area contributed by atoms with Gasteiger partial charge in [-0.1, -0.05) is 219 Å². The first-order chi connectivity index (χ1) is 40.7. The molecular weight excluding hydrogens is 1130 g/mol. The summed E-state index contributed by atoms with van der Waals surface area (Å²) in [6.07, 6.45) is 2.82. The highest BCUT2D eigenvalue weighted by atomic mass is 31.2. The molecule has 2 saturated heterocycles. The standard InChI is InChI=1S/C60H117N2O22P/c1-3-5-7-9-11-13-15-17-18-19-20-21-22-23-24-26-28-30-32-34-36-42(65)58(76)62-40(46(66)41(64)35-33-31-29-27-25-16-14-12-10-8-6-4-2)38-80-85(77,78)84-57-54(74)52(72)51(71)53(73)56(57)83-59-45(61)49(69)48(68)44(82-59)39-79-60-55(75)50(70)47(67)43(37-63)81-60/h40-57,59-60,63-75H,3-39,61H2,1-2H3,(H,62,76)(H,77,78)/t40-,41+,42+,43+,44+,45+,46-,47+,48+,49+,50-,51-,52-,53+,54+,55-,56+,57-,59+,60-/m0/s1. The molecule has 504 valence electrons. The van der Waals surface area contributed by atoms with Gasteiger partial charge in [0.05, 0.1) is 38.0 Å². The molecule has 0 aromatic rings. The lowest BCUT2D eigenvalue weighted by Crippen LogP contribution is -2.68. The number of unbranched alkanes of at least 4 members (excludes halogenated alkanes) is 30. The number of rotatable bonds is 49. The van der Waals surface area contributed by atoms with Gasteiger partial charge >= 0.3 is 7.82 Å². The zero-order valence-corrected chi connectivity index (χ0v) is 52.2. The number of amides is 1. The van der Waals surface area contributed by atoms with E-state index in [0.29, 0.717) is 12.8 Å². The number of nitrogens with two attached hydrogens (primary N) is 1. The molecule has 0 aromatic carbocycles. The van der Waals surface area contributed by atoms with Crippen molar-refractivity contribution < 1.29 is 109 Å². The van der Waals surface area contributed by atoms with Crippen LogP contribution in [0.15, 0.2) is 0 Å². The molecule has 2 heterocycles. The molecule has 21 atom stereocenters. The van der Waals surface area contributed by atoms with Crippen LogP contribution in [-0.4, -0.2) is 219 Å². The maximum absolute atomic E-state index is 13.8. The summed E-state index contributed by atoms with van der Waals surface area (Å²) >= 11 is 0. The lowest BCUT2D eigenvalue weighted by Gasteiger charge is -2.47. The second-order valence-corrected chi connectivity index (χ2v) is 25.8. The fraction of sp³-hybridized carbons (Fsp3) is 0.983. The molecule has 3 aliphatic rings. The fourth-order valence-corrected chi connectivity index (χ4v) is 12.4. The van der Waals surface area contributed by atoms with Crippen LogP contribution in [0.25, 0.3) is 0 Å². The zero-order valence-electron chi connectivity index (χ0n) is 51.3. The van der Waals surface area contributed by atoms with E-state index in [1.54, 1.807) is 0 Å². The largest absolute Gasteiger partial charge is 0.472 e. The smallest absolute Gasteiger partial charge is 0.394 e. The van der Waals surface area contributed by atoms with E-state index in [-0.39, 0.29) is 12.8 Å². The van der Waals surface area contributed by atoms with E-state index in [4.69, 9.17) is 33.7 Å². The Kier molecular flexibility index (Phi) is 40.8. The Morgan fingerprint density at radius 3 is 1.34 bits per heavy atom. The second kappa shape index (κ2) is 44.4. The number of carbonyl (C=O) groups excluding carboxylic acids is 1. The van der Waals surface area contributed by atoms with E-state index < -0.39 is 156 Å². The maximum atomic E-state index is 13.8. The van der Waals surface area contributed by atoms with Crippen LogP contribution in [-0.2, 0) is 37.4 Å². The van der Waals surface area contributed by atoms with Gasteiger partial charge in [-0.05, 0) is 12.8 Å². The van der Waals surface area contributed by atoms with Gasteiger partial charge in [0.25, 0.3) is 0 Å². The highest BCUT2D eigenvalue weighted by molar-refractivity contribution is 7.47. The third-order valence-corrected chi connectivity index (χ3v) is 18.1. The second-order valence-electron chi connectivity index (χ2n) is 24.4. The van der Waals surface area contributed by atoms with E-state index in [1.165, 1.54) is 128 Å². The summed E-state index contributed by atoms with van der Waals surface area (Å²) in [6, 6.07) is -3.32. The Labute approximate surface area is 506 Å². The van der Waals surface area contributed by atoms with Crippen LogP contribution >= 0.6 is 7.82 Å². The maximum Gasteiger partial charge on any atom is 0.472 e. The summed E-state index contributed by atoms with van der Waals surface area (Å²) < 4.78 is 46.7. The van der Waals surface area contributed by atoms with Crippen molar-refractivity contribution in [2.24, 2.45) is 5.73 Å². The SMILES string of the molecule is CCCCCCCCCCCCCCCCCCCCCC[C@@H](O)C(=O)N[C@@H](COP(=O)(O)O[C@H]1[C@H](O)[C@@H](O)[C@H](O)[C@@H](O)[C@H]1O[C@H]1O[C@H](CO[C@H]2O[C@H](CO)[C@@H](O)[C@H](O)[C@@H]2O)[C@@H](O)[C@H](O)[C@H]1N)[C@H](O)[C@H](O)CCCCCCCCCCCCCC. The first-order valence-electron chi connectivity index (χ1n) is 32.8. The molecule has 3 rings (SSSR count). The van der Waals surface area contributed by atoms with Crippen LogP contribution in [0, 0.1) is 0 Å². The molecule has 0 spiro atoms. The number of nitrogens with one attached hydrogen (secondary N) is 1. The third-order valence-electron chi connectivity index (χ3n) is 17.2. The average Bonchev–Trinajstić information content (AvgIpc) is 2.86. The molecule has 0 radical (unpaired) electrons. The highest BCUT2D eigenvalue weighted by Gasteiger charge is 2.56. The average molecular weight is 1250 g/mol. The molecule has 24 nitrogen and oxygen atoms in total. The quantitative estimate of drug-likeness (QED) is 0.0304. The van der Waals surface area contributed by atoms with Gasteiger partial charge < -0.3 is 101 Å². The molecular formula is C60H117N2O22P. The van der Waals surface area contributed by atoms with Crippen molar-refractivity contribution >= 4 is 13.7 Å². The molecule has 85 heavy (non-hydrogen) atoms. The van der Waals surface area contributed by atoms with Gasteiger partial charge in [-0.2, -0.15) is 0 Å². The Morgan fingerprint density at radius 2 is 0.894 bits per heavy atom. The Bertz CT molecular complexity index is 1740. The molecule has 1 unspecified atom stereocenters. The molecule has 1 saturated carbocycles. The van der Waals surface area contributed by atoms with Crippen LogP contribution in [0.3, 0.4) is 0 Å². The number of phosphoric acid groups is 1. The normalized spacial score (nSPS) is 31.3. The van der Waals surface area contributed by atoms with Crippen LogP contribution in [0.2, 0.25) is 0 Å². The minimum Gasteiger partial charge on any atom is -0.394 e. The van der Waals surface area contributed by atoms with Gasteiger partial charge in [-0.3, -0.25) is 13.8 Å². The van der Waals surface area contributed by atoms with Crippen molar-refractivity contribution in [3.05, 3.63) is 0 Å². The number of hydrogen-bond acceptors (Lipinski definition) is 22. The monoisotopic (exact) mass is 1250 g/mol. The predicted octanol–water partition coefficient (Wildman–Crippen LogP) is 3.79. The van der Waals surface area contributed by atoms with E-state index >= 15 is 0 Å². The van der Waals surface area contributed by atoms with Gasteiger partial charge in [0, 0.05) is 0 Å². The Balaban J connectivity index is 1.59. The number of carbonyl (C=O) groups is 1. The van der Waals surface area contributed by atoms with E-state index in [0.717, 1.165) is 64.2 Å². The summed E-state index contributed by atoms with van der Waals surface area (Å²) in [4.78, 5) is 24.6. The number of aliphatic hydroxyl groups is 13. The van der Waals surface area contributed by atoms with Crippen molar-refractivity contribution in [3.63, 3.8) is 0 Å². The Morgan fingerprint density at radius 1 is 0.506 bits per heavy atom. The number of aliphatic hydroxyl groups excluding tert-OH is 13. The lowest BCUT2D eigenvalue weighted by molar-refractivity contribution is -0.334. The summed E-state index contributed by atoms with van der Waals surface area (Å²) in [5.74, 6) is -0.943. The first-order valence-corrected chi connectivity index (χ1v) is 34.3. The van der Waals surface area contributed by atoms with Crippen molar-refractivity contribution in [1.82, 2.24) is 5.32 Å². The zero-order chi connectivity index (χ0) is 62.7. The van der Waals surface area contributed by atoms with Crippen LogP contribution < -0.4 is 11.1 Å². The van der Waals surface area contributed by atoms with Crippen molar-refractivity contribution in [2.45, 2.75) is 354 Å². The third kappa shape index (κ3) is 28.9. The highest BCUT2D eigenvalue weighted by Crippen LogP contribution is 2.48. The number of hydrogen-bond donors (Lipinski definition) is 16. The lowest BCUT2D eigenvalue weighted by atomic mass is 9.84. The molecule has 0 bridgehead atoms. The molecule has 1 amide bonds. The van der Waals surface area contributed by atoms with E-state index in [9.17, 15) is 80.6 Å². The Hall–Kier alpha value is -1.14. The van der Waals surface area contributed by atoms with Crippen LogP contribution in [0.1, 0.15) is 232 Å². The van der Waals surface area contributed by atoms with Gasteiger partial charge in [0.2, 0.25) is 5.91 Å². The molecule has 1 aliphatic carbocycles. The first kappa shape index (κ1) is 78.1.